The van der Waals surface area contributed by atoms with Crippen LogP contribution in [0.25, 0.3) is 10.9 Å². The molecule has 0 aliphatic rings. The van der Waals surface area contributed by atoms with Crippen LogP contribution in [-0.2, 0) is 0 Å². The molecule has 0 aliphatic carbocycles. The zero-order valence-electron chi connectivity index (χ0n) is 9.83. The molecule has 1 aromatic carbocycles. The number of hydrogen-bond donors (Lipinski definition) is 3. The topological polar surface area (TPSA) is 53.8 Å². The van der Waals surface area contributed by atoms with Crippen molar-refractivity contribution in [1.82, 2.24) is 4.98 Å². The third-order valence-electron chi connectivity index (χ3n) is 2.99. The highest BCUT2D eigenvalue weighted by Crippen LogP contribution is 2.23. The number of benzene rings is 1. The van der Waals surface area contributed by atoms with Crippen molar-refractivity contribution in [3.05, 3.63) is 30.5 Å². The molecule has 0 saturated carbocycles. The third kappa shape index (κ3) is 2.04. The number of H-pyrrole nitrogens is 1. The summed E-state index contributed by atoms with van der Waals surface area (Å²) in [5.74, 6) is 0.527. The SMILES string of the molecule is CC(C)C(CN)Nc1c[nH]c2ccccc12. The predicted molar refractivity (Wildman–Crippen MR) is 69.6 cm³/mol. The molecule has 1 heterocycles. The van der Waals surface area contributed by atoms with Gasteiger partial charge in [-0.15, -0.1) is 0 Å². The van der Waals surface area contributed by atoms with E-state index < -0.39 is 0 Å². The number of aromatic nitrogens is 1. The van der Waals surface area contributed by atoms with Gasteiger partial charge in [-0.25, -0.2) is 0 Å². The first-order valence-electron chi connectivity index (χ1n) is 5.75. The van der Waals surface area contributed by atoms with Gasteiger partial charge < -0.3 is 16.0 Å². The van der Waals surface area contributed by atoms with E-state index in [0.29, 0.717) is 18.5 Å². The minimum Gasteiger partial charge on any atom is -0.379 e. The summed E-state index contributed by atoms with van der Waals surface area (Å²) in [6.07, 6.45) is 2.01. The van der Waals surface area contributed by atoms with Gasteiger partial charge >= 0.3 is 0 Å². The largest absolute Gasteiger partial charge is 0.379 e. The molecule has 0 spiro atoms. The first-order valence-corrected chi connectivity index (χ1v) is 5.75. The van der Waals surface area contributed by atoms with Gasteiger partial charge in [-0.2, -0.15) is 0 Å². The van der Waals surface area contributed by atoms with Crippen molar-refractivity contribution in [1.29, 1.82) is 0 Å². The monoisotopic (exact) mass is 217 g/mol. The minimum absolute atomic E-state index is 0.319. The van der Waals surface area contributed by atoms with E-state index in [4.69, 9.17) is 5.73 Å². The average molecular weight is 217 g/mol. The zero-order chi connectivity index (χ0) is 11.5. The van der Waals surface area contributed by atoms with E-state index in [1.165, 1.54) is 5.39 Å². The highest BCUT2D eigenvalue weighted by molar-refractivity contribution is 5.92. The summed E-state index contributed by atoms with van der Waals surface area (Å²) in [6.45, 7) is 5.01. The number of hydrogen-bond acceptors (Lipinski definition) is 2. The van der Waals surface area contributed by atoms with Crippen LogP contribution in [0.4, 0.5) is 5.69 Å². The Labute approximate surface area is 96.0 Å². The molecular weight excluding hydrogens is 198 g/mol. The number of aromatic amines is 1. The maximum atomic E-state index is 5.76. The first kappa shape index (κ1) is 11.0. The van der Waals surface area contributed by atoms with Crippen molar-refractivity contribution >= 4 is 16.6 Å². The van der Waals surface area contributed by atoms with Gasteiger partial charge in [-0.1, -0.05) is 32.0 Å². The number of fused-ring (bicyclic) bond motifs is 1. The Hall–Kier alpha value is -1.48. The van der Waals surface area contributed by atoms with E-state index in [0.717, 1.165) is 11.2 Å². The van der Waals surface area contributed by atoms with Crippen molar-refractivity contribution in [2.24, 2.45) is 11.7 Å². The van der Waals surface area contributed by atoms with Crippen molar-refractivity contribution in [3.63, 3.8) is 0 Å². The molecule has 2 aromatic rings. The molecule has 16 heavy (non-hydrogen) atoms. The lowest BCUT2D eigenvalue weighted by atomic mass is 10.0. The van der Waals surface area contributed by atoms with E-state index in [1.54, 1.807) is 0 Å². The van der Waals surface area contributed by atoms with Gasteiger partial charge in [0.2, 0.25) is 0 Å². The maximum absolute atomic E-state index is 5.76. The Bertz CT molecular complexity index is 459. The summed E-state index contributed by atoms with van der Waals surface area (Å²) < 4.78 is 0. The van der Waals surface area contributed by atoms with Gasteiger partial charge in [0.05, 0.1) is 5.69 Å². The second kappa shape index (κ2) is 4.58. The predicted octanol–water partition coefficient (Wildman–Crippen LogP) is 2.56. The summed E-state index contributed by atoms with van der Waals surface area (Å²) >= 11 is 0. The van der Waals surface area contributed by atoms with Crippen LogP contribution in [0.5, 0.6) is 0 Å². The molecule has 1 aromatic heterocycles. The first-order chi connectivity index (χ1) is 7.72. The molecule has 2 rings (SSSR count). The minimum atomic E-state index is 0.319. The van der Waals surface area contributed by atoms with E-state index in [1.807, 2.05) is 18.3 Å². The molecule has 0 saturated heterocycles. The van der Waals surface area contributed by atoms with E-state index in [9.17, 15) is 0 Å². The normalized spacial score (nSPS) is 13.2. The van der Waals surface area contributed by atoms with Crippen LogP contribution in [0.15, 0.2) is 30.5 Å². The van der Waals surface area contributed by atoms with Crippen LogP contribution in [0, 0.1) is 5.92 Å². The van der Waals surface area contributed by atoms with Gasteiger partial charge in [-0.3, -0.25) is 0 Å². The Morgan fingerprint density at radius 1 is 1.31 bits per heavy atom. The molecule has 0 fully saturated rings. The van der Waals surface area contributed by atoms with Crippen LogP contribution in [-0.4, -0.2) is 17.6 Å². The number of nitrogens with one attached hydrogen (secondary N) is 2. The smallest absolute Gasteiger partial charge is 0.0600 e. The summed E-state index contributed by atoms with van der Waals surface area (Å²) in [7, 11) is 0. The molecule has 4 N–H and O–H groups in total. The van der Waals surface area contributed by atoms with Crippen LogP contribution in [0.3, 0.4) is 0 Å². The lowest BCUT2D eigenvalue weighted by Crippen LogP contribution is -2.33. The van der Waals surface area contributed by atoms with E-state index in [2.05, 4.69) is 36.3 Å². The molecule has 3 nitrogen and oxygen atoms in total. The molecule has 0 radical (unpaired) electrons. The number of para-hydroxylation sites is 1. The maximum Gasteiger partial charge on any atom is 0.0600 e. The molecule has 3 heteroatoms. The van der Waals surface area contributed by atoms with Gasteiger partial charge in [-0.05, 0) is 12.0 Å². The van der Waals surface area contributed by atoms with Crippen LogP contribution in [0.1, 0.15) is 13.8 Å². The molecule has 0 aliphatic heterocycles. The number of anilines is 1. The lowest BCUT2D eigenvalue weighted by Gasteiger charge is -2.21. The summed E-state index contributed by atoms with van der Waals surface area (Å²) in [6, 6.07) is 8.59. The molecular formula is C13H19N3. The lowest BCUT2D eigenvalue weighted by molar-refractivity contribution is 0.532. The van der Waals surface area contributed by atoms with Gasteiger partial charge in [0.15, 0.2) is 0 Å². The molecule has 1 atom stereocenters. The standard InChI is InChI=1S/C13H19N3/c1-9(2)12(7-14)16-13-8-15-11-6-4-3-5-10(11)13/h3-6,8-9,12,15-16H,7,14H2,1-2H3. The van der Waals surface area contributed by atoms with Crippen molar-refractivity contribution < 1.29 is 0 Å². The van der Waals surface area contributed by atoms with E-state index >= 15 is 0 Å². The average Bonchev–Trinajstić information content (AvgIpc) is 2.69. The zero-order valence-corrected chi connectivity index (χ0v) is 9.83. The fourth-order valence-electron chi connectivity index (χ4n) is 1.89. The number of nitrogens with two attached hydrogens (primary N) is 1. The summed E-state index contributed by atoms with van der Waals surface area (Å²) in [5.41, 5.74) is 8.06. The highest BCUT2D eigenvalue weighted by Gasteiger charge is 2.12. The summed E-state index contributed by atoms with van der Waals surface area (Å²) in [4.78, 5) is 3.25. The Balaban J connectivity index is 2.27. The van der Waals surface area contributed by atoms with Crippen molar-refractivity contribution in [2.75, 3.05) is 11.9 Å². The summed E-state index contributed by atoms with van der Waals surface area (Å²) in [5, 5.41) is 4.72. The molecule has 0 amide bonds. The van der Waals surface area contributed by atoms with Crippen molar-refractivity contribution in [2.45, 2.75) is 19.9 Å². The Morgan fingerprint density at radius 3 is 2.75 bits per heavy atom. The van der Waals surface area contributed by atoms with Crippen molar-refractivity contribution in [3.8, 4) is 0 Å². The molecule has 1 unspecified atom stereocenters. The second-order valence-corrected chi connectivity index (χ2v) is 4.48. The second-order valence-electron chi connectivity index (χ2n) is 4.48. The fraction of sp³-hybridized carbons (Fsp3) is 0.385. The third-order valence-corrected chi connectivity index (χ3v) is 2.99. The number of rotatable bonds is 4. The van der Waals surface area contributed by atoms with Gasteiger partial charge in [0, 0.05) is 29.7 Å². The van der Waals surface area contributed by atoms with E-state index in [-0.39, 0.29) is 0 Å². The highest BCUT2D eigenvalue weighted by atomic mass is 15.0. The van der Waals surface area contributed by atoms with Crippen LogP contribution < -0.4 is 11.1 Å². The fourth-order valence-corrected chi connectivity index (χ4v) is 1.89. The Kier molecular flexibility index (Phi) is 3.15. The van der Waals surface area contributed by atoms with Gasteiger partial charge in [0.25, 0.3) is 0 Å². The Morgan fingerprint density at radius 2 is 2.06 bits per heavy atom. The molecule has 86 valence electrons. The quantitative estimate of drug-likeness (QED) is 0.737. The van der Waals surface area contributed by atoms with Gasteiger partial charge in [0.1, 0.15) is 0 Å². The van der Waals surface area contributed by atoms with Crippen LogP contribution >= 0.6 is 0 Å². The molecule has 0 bridgehead atoms. The van der Waals surface area contributed by atoms with Crippen LogP contribution in [0.2, 0.25) is 0 Å².